The number of halogens is 3. The van der Waals surface area contributed by atoms with Crippen molar-refractivity contribution in [2.45, 2.75) is 25.1 Å². The normalized spacial score (nSPS) is 17.0. The van der Waals surface area contributed by atoms with Crippen molar-refractivity contribution in [1.82, 2.24) is 16.0 Å². The summed E-state index contributed by atoms with van der Waals surface area (Å²) in [6.45, 7) is 0.201. The number of nitrogens with two attached hydrogens (primary N) is 2. The van der Waals surface area contributed by atoms with E-state index in [9.17, 15) is 18.3 Å². The molecule has 0 amide bonds. The maximum absolute atomic E-state index is 12.4. The van der Waals surface area contributed by atoms with Crippen LogP contribution in [0, 0.1) is 5.41 Å². The number of alkyl halides is 3. The van der Waals surface area contributed by atoms with Gasteiger partial charge in [-0.1, -0.05) is 12.1 Å². The monoisotopic (exact) mass is 398 g/mol. The Labute approximate surface area is 161 Å². The van der Waals surface area contributed by atoms with Crippen LogP contribution in [0.2, 0.25) is 0 Å². The Bertz CT molecular complexity index is 754. The van der Waals surface area contributed by atoms with E-state index >= 15 is 0 Å². The van der Waals surface area contributed by atoms with Crippen LogP contribution in [0.4, 0.5) is 13.2 Å². The highest BCUT2D eigenvalue weighted by Crippen LogP contribution is 2.22. The lowest BCUT2D eigenvalue weighted by molar-refractivity contribution is -0.122. The Kier molecular flexibility index (Phi) is 7.16. The standard InChI is InChI=1S/C18H25F3N6O/c19-18(20,21)10-26-17(24)16(23)14(27-11-5-7-25-8-6-11)9-13(22)12-3-1-2-4-15(12)28/h1-4,9,11,25,27-28H,5-8,10,22-23H2,(H2,24,26)/b13-9-,16-14+. The molecule has 1 fully saturated rings. The summed E-state index contributed by atoms with van der Waals surface area (Å²) in [5.74, 6) is -0.601. The van der Waals surface area contributed by atoms with Crippen LogP contribution in [-0.2, 0) is 0 Å². The Balaban J connectivity index is 2.31. The fourth-order valence-electron chi connectivity index (χ4n) is 2.75. The zero-order valence-corrected chi connectivity index (χ0v) is 15.2. The van der Waals surface area contributed by atoms with E-state index in [2.05, 4.69) is 10.6 Å². The molecular formula is C18H25F3N6O. The van der Waals surface area contributed by atoms with Crippen LogP contribution in [0.15, 0.2) is 41.7 Å². The van der Waals surface area contributed by atoms with Crippen molar-refractivity contribution in [3.63, 3.8) is 0 Å². The number of nitrogens with one attached hydrogen (secondary N) is 4. The fourth-order valence-corrected chi connectivity index (χ4v) is 2.75. The van der Waals surface area contributed by atoms with Crippen LogP contribution >= 0.6 is 0 Å². The van der Waals surface area contributed by atoms with E-state index in [1.807, 2.05) is 5.32 Å². The quantitative estimate of drug-likeness (QED) is 0.220. The summed E-state index contributed by atoms with van der Waals surface area (Å²) in [4.78, 5) is 0. The molecule has 154 valence electrons. The molecule has 0 atom stereocenters. The molecule has 0 aliphatic carbocycles. The van der Waals surface area contributed by atoms with Gasteiger partial charge in [-0.25, -0.2) is 0 Å². The van der Waals surface area contributed by atoms with Crippen molar-refractivity contribution in [2.24, 2.45) is 11.5 Å². The highest BCUT2D eigenvalue weighted by atomic mass is 19.4. The number of piperidine rings is 1. The van der Waals surface area contributed by atoms with Gasteiger partial charge in [0.2, 0.25) is 0 Å². The molecule has 0 radical (unpaired) electrons. The Morgan fingerprint density at radius 3 is 2.50 bits per heavy atom. The van der Waals surface area contributed by atoms with Gasteiger partial charge in [-0.3, -0.25) is 5.41 Å². The number of hydrogen-bond donors (Lipinski definition) is 7. The average Bonchev–Trinajstić information content (AvgIpc) is 2.65. The molecule has 1 aromatic rings. The third kappa shape index (κ3) is 6.38. The second-order valence-electron chi connectivity index (χ2n) is 6.46. The summed E-state index contributed by atoms with van der Waals surface area (Å²) >= 11 is 0. The van der Waals surface area contributed by atoms with Gasteiger partial charge in [0, 0.05) is 17.3 Å². The van der Waals surface area contributed by atoms with Crippen molar-refractivity contribution in [1.29, 1.82) is 5.41 Å². The highest BCUT2D eigenvalue weighted by Gasteiger charge is 2.27. The first-order valence-electron chi connectivity index (χ1n) is 8.79. The molecule has 0 aromatic heterocycles. The number of phenols is 1. The summed E-state index contributed by atoms with van der Waals surface area (Å²) < 4.78 is 37.3. The van der Waals surface area contributed by atoms with Crippen molar-refractivity contribution in [3.8, 4) is 5.75 Å². The topological polar surface area (TPSA) is 132 Å². The number of rotatable bonds is 6. The lowest BCUT2D eigenvalue weighted by Gasteiger charge is -2.26. The summed E-state index contributed by atoms with van der Waals surface area (Å²) in [5, 5.41) is 26.2. The van der Waals surface area contributed by atoms with Crippen LogP contribution in [0.25, 0.3) is 5.70 Å². The van der Waals surface area contributed by atoms with Crippen molar-refractivity contribution >= 4 is 11.5 Å². The molecule has 7 nitrogen and oxygen atoms in total. The number of benzene rings is 1. The van der Waals surface area contributed by atoms with Gasteiger partial charge in [-0.05, 0) is 44.1 Å². The molecule has 0 bridgehead atoms. The van der Waals surface area contributed by atoms with E-state index in [0.717, 1.165) is 25.9 Å². The molecular weight excluding hydrogens is 373 g/mol. The van der Waals surface area contributed by atoms with Crippen molar-refractivity contribution in [3.05, 3.63) is 47.3 Å². The maximum Gasteiger partial charge on any atom is 0.405 e. The van der Waals surface area contributed by atoms with Crippen LogP contribution in [0.5, 0.6) is 5.75 Å². The van der Waals surface area contributed by atoms with Gasteiger partial charge in [-0.2, -0.15) is 13.2 Å². The predicted octanol–water partition coefficient (Wildman–Crippen LogP) is 1.33. The summed E-state index contributed by atoms with van der Waals surface area (Å²) in [7, 11) is 0. The van der Waals surface area contributed by atoms with E-state index < -0.39 is 18.6 Å². The number of aromatic hydroxyl groups is 1. The van der Waals surface area contributed by atoms with Crippen LogP contribution < -0.4 is 27.4 Å². The predicted molar refractivity (Wildman–Crippen MR) is 102 cm³/mol. The Morgan fingerprint density at radius 2 is 1.89 bits per heavy atom. The van der Waals surface area contributed by atoms with Gasteiger partial charge < -0.3 is 32.5 Å². The lowest BCUT2D eigenvalue weighted by Crippen LogP contribution is -2.42. The number of para-hydroxylation sites is 1. The molecule has 1 heterocycles. The SMILES string of the molecule is N=C(NCC(F)(F)F)/C(N)=C(/C=C(\N)c1ccccc1O)NC1CCNCC1. The minimum atomic E-state index is -4.47. The Hall–Kier alpha value is -2.88. The van der Waals surface area contributed by atoms with E-state index in [1.165, 1.54) is 12.1 Å². The molecule has 28 heavy (non-hydrogen) atoms. The van der Waals surface area contributed by atoms with E-state index in [-0.39, 0.29) is 28.9 Å². The van der Waals surface area contributed by atoms with Gasteiger partial charge in [0.05, 0.1) is 11.4 Å². The molecule has 1 aliphatic rings. The number of allylic oxidation sites excluding steroid dienone is 1. The van der Waals surface area contributed by atoms with Gasteiger partial charge in [0.25, 0.3) is 0 Å². The highest BCUT2D eigenvalue weighted by molar-refractivity contribution is 5.96. The van der Waals surface area contributed by atoms with Crippen molar-refractivity contribution in [2.75, 3.05) is 19.6 Å². The first kappa shape index (κ1) is 21.4. The third-order valence-corrected chi connectivity index (χ3v) is 4.24. The lowest BCUT2D eigenvalue weighted by atomic mass is 10.0. The van der Waals surface area contributed by atoms with Crippen LogP contribution in [0.3, 0.4) is 0 Å². The maximum atomic E-state index is 12.4. The van der Waals surface area contributed by atoms with Gasteiger partial charge in [0.1, 0.15) is 18.1 Å². The minimum absolute atomic E-state index is 0.0265. The molecule has 9 N–H and O–H groups in total. The molecule has 0 saturated carbocycles. The largest absolute Gasteiger partial charge is 0.507 e. The average molecular weight is 398 g/mol. The number of hydrogen-bond acceptors (Lipinski definition) is 6. The first-order chi connectivity index (χ1) is 13.2. The van der Waals surface area contributed by atoms with Crippen LogP contribution in [0.1, 0.15) is 18.4 Å². The van der Waals surface area contributed by atoms with Gasteiger partial charge in [-0.15, -0.1) is 0 Å². The fraction of sp³-hybridized carbons (Fsp3) is 0.389. The molecule has 1 aromatic carbocycles. The van der Waals surface area contributed by atoms with Crippen molar-refractivity contribution < 1.29 is 18.3 Å². The smallest absolute Gasteiger partial charge is 0.405 e. The first-order valence-corrected chi connectivity index (χ1v) is 8.79. The summed E-state index contributed by atoms with van der Waals surface area (Å²) in [6, 6.07) is 6.43. The molecule has 0 unspecified atom stereocenters. The summed E-state index contributed by atoms with van der Waals surface area (Å²) in [5.41, 5.74) is 12.6. The molecule has 0 spiro atoms. The minimum Gasteiger partial charge on any atom is -0.507 e. The molecule has 10 heteroatoms. The second-order valence-corrected chi connectivity index (χ2v) is 6.46. The Morgan fingerprint density at radius 1 is 1.25 bits per heavy atom. The zero-order valence-electron chi connectivity index (χ0n) is 15.2. The summed E-state index contributed by atoms with van der Waals surface area (Å²) in [6.07, 6.45) is -1.48. The third-order valence-electron chi connectivity index (χ3n) is 4.24. The van der Waals surface area contributed by atoms with Crippen LogP contribution in [-0.4, -0.2) is 42.8 Å². The van der Waals surface area contributed by atoms with Gasteiger partial charge >= 0.3 is 6.18 Å². The van der Waals surface area contributed by atoms with E-state index in [0.29, 0.717) is 5.56 Å². The molecule has 1 saturated heterocycles. The van der Waals surface area contributed by atoms with Gasteiger partial charge in [0.15, 0.2) is 0 Å². The van der Waals surface area contributed by atoms with E-state index in [1.54, 1.807) is 18.2 Å². The molecule has 1 aliphatic heterocycles. The second kappa shape index (κ2) is 9.36. The number of amidine groups is 1. The zero-order chi connectivity index (χ0) is 20.7. The number of phenolic OH excluding ortho intramolecular Hbond substituents is 1. The van der Waals surface area contributed by atoms with E-state index in [4.69, 9.17) is 16.9 Å². The molecule has 2 rings (SSSR count).